The van der Waals surface area contributed by atoms with Crippen LogP contribution in [0.3, 0.4) is 0 Å². The third-order valence-electron chi connectivity index (χ3n) is 3.62. The van der Waals surface area contributed by atoms with Gasteiger partial charge in [-0.25, -0.2) is 0 Å². The van der Waals surface area contributed by atoms with Gasteiger partial charge in [0.1, 0.15) is 0 Å². The molecule has 106 valence electrons. The van der Waals surface area contributed by atoms with Gasteiger partial charge in [0, 0.05) is 17.5 Å². The van der Waals surface area contributed by atoms with E-state index in [9.17, 15) is 4.79 Å². The summed E-state index contributed by atoms with van der Waals surface area (Å²) in [7, 11) is 0. The van der Waals surface area contributed by atoms with E-state index in [0.717, 1.165) is 32.4 Å². The molecule has 1 fully saturated rings. The SMILES string of the molecule is CCc1ccsc1CN1CCCC(NC(C)C)C1=O. The summed E-state index contributed by atoms with van der Waals surface area (Å²) in [5, 5.41) is 5.51. The highest BCUT2D eigenvalue weighted by molar-refractivity contribution is 7.10. The fourth-order valence-electron chi connectivity index (χ4n) is 2.65. The van der Waals surface area contributed by atoms with Crippen molar-refractivity contribution in [3.63, 3.8) is 0 Å². The average Bonchev–Trinajstić information content (AvgIpc) is 2.81. The molecule has 3 nitrogen and oxygen atoms in total. The zero-order valence-electron chi connectivity index (χ0n) is 12.1. The van der Waals surface area contributed by atoms with Gasteiger partial charge in [-0.1, -0.05) is 20.8 Å². The number of rotatable bonds is 5. The Balaban J connectivity index is 2.02. The zero-order chi connectivity index (χ0) is 13.8. The molecule has 1 aromatic heterocycles. The molecule has 1 N–H and O–H groups in total. The molecule has 1 saturated heterocycles. The van der Waals surface area contributed by atoms with Crippen LogP contribution in [-0.4, -0.2) is 29.4 Å². The van der Waals surface area contributed by atoms with Gasteiger partial charge in [-0.3, -0.25) is 4.79 Å². The lowest BCUT2D eigenvalue weighted by Crippen LogP contribution is -2.51. The fourth-order valence-corrected chi connectivity index (χ4v) is 3.64. The van der Waals surface area contributed by atoms with Crippen molar-refractivity contribution in [1.29, 1.82) is 0 Å². The van der Waals surface area contributed by atoms with Crippen LogP contribution in [-0.2, 0) is 17.8 Å². The molecule has 1 aromatic rings. The molecule has 1 unspecified atom stereocenters. The minimum atomic E-state index is 0.0128. The molecular formula is C15H24N2OS. The standard InChI is InChI=1S/C15H24N2OS/c1-4-12-7-9-19-14(12)10-17-8-5-6-13(15(17)18)16-11(2)3/h7,9,11,13,16H,4-6,8,10H2,1-3H3. The summed E-state index contributed by atoms with van der Waals surface area (Å²) < 4.78 is 0. The predicted molar refractivity (Wildman–Crippen MR) is 80.4 cm³/mol. The van der Waals surface area contributed by atoms with E-state index in [1.165, 1.54) is 10.4 Å². The van der Waals surface area contributed by atoms with Crippen molar-refractivity contribution in [2.75, 3.05) is 6.54 Å². The molecule has 0 aromatic carbocycles. The molecule has 2 heterocycles. The second-order valence-electron chi connectivity index (χ2n) is 5.50. The Kier molecular flexibility index (Phi) is 4.99. The first-order chi connectivity index (χ1) is 9.11. The third-order valence-corrected chi connectivity index (χ3v) is 4.57. The summed E-state index contributed by atoms with van der Waals surface area (Å²) in [4.78, 5) is 15.8. The van der Waals surface area contributed by atoms with Gasteiger partial charge in [-0.2, -0.15) is 0 Å². The number of carbonyl (C=O) groups is 1. The molecule has 2 rings (SSSR count). The van der Waals surface area contributed by atoms with E-state index in [2.05, 4.69) is 37.5 Å². The van der Waals surface area contributed by atoms with Gasteiger partial charge < -0.3 is 10.2 Å². The van der Waals surface area contributed by atoms with Crippen LogP contribution in [0.25, 0.3) is 0 Å². The number of piperidine rings is 1. The molecule has 0 bridgehead atoms. The topological polar surface area (TPSA) is 32.3 Å². The summed E-state index contributed by atoms with van der Waals surface area (Å²) in [5.74, 6) is 0.274. The minimum Gasteiger partial charge on any atom is -0.336 e. The van der Waals surface area contributed by atoms with Crippen LogP contribution in [0, 0.1) is 0 Å². The van der Waals surface area contributed by atoms with Gasteiger partial charge in [0.25, 0.3) is 0 Å². The van der Waals surface area contributed by atoms with Crippen LogP contribution in [0.4, 0.5) is 0 Å². The zero-order valence-corrected chi connectivity index (χ0v) is 12.9. The highest BCUT2D eigenvalue weighted by Crippen LogP contribution is 2.22. The van der Waals surface area contributed by atoms with Crippen LogP contribution in [0.5, 0.6) is 0 Å². The number of thiophene rings is 1. The van der Waals surface area contributed by atoms with Crippen LogP contribution < -0.4 is 5.32 Å². The van der Waals surface area contributed by atoms with Crippen LogP contribution in [0.15, 0.2) is 11.4 Å². The Hall–Kier alpha value is -0.870. The first kappa shape index (κ1) is 14.5. The summed E-state index contributed by atoms with van der Waals surface area (Å²) in [6.45, 7) is 8.06. The quantitative estimate of drug-likeness (QED) is 0.899. The number of likely N-dealkylation sites (tertiary alicyclic amines) is 1. The van der Waals surface area contributed by atoms with Crippen LogP contribution in [0.1, 0.15) is 44.1 Å². The summed E-state index contributed by atoms with van der Waals surface area (Å²) >= 11 is 1.77. The van der Waals surface area contributed by atoms with E-state index >= 15 is 0 Å². The number of nitrogens with zero attached hydrogens (tertiary/aromatic N) is 1. The number of carbonyl (C=O) groups excluding carboxylic acids is 1. The summed E-state index contributed by atoms with van der Waals surface area (Å²) in [5.41, 5.74) is 1.39. The maximum absolute atomic E-state index is 12.5. The summed E-state index contributed by atoms with van der Waals surface area (Å²) in [6.07, 6.45) is 3.12. The lowest BCUT2D eigenvalue weighted by Gasteiger charge is -2.33. The normalized spacial score (nSPS) is 20.3. The Bertz CT molecular complexity index is 428. The third kappa shape index (κ3) is 3.57. The van der Waals surface area contributed by atoms with Gasteiger partial charge in [-0.15, -0.1) is 11.3 Å². The molecule has 1 amide bonds. The molecule has 1 aliphatic rings. The monoisotopic (exact) mass is 280 g/mol. The molecule has 0 saturated carbocycles. The Labute approximate surface area is 120 Å². The molecule has 19 heavy (non-hydrogen) atoms. The minimum absolute atomic E-state index is 0.0128. The van der Waals surface area contributed by atoms with Crippen molar-refractivity contribution in [3.05, 3.63) is 21.9 Å². The molecule has 1 atom stereocenters. The van der Waals surface area contributed by atoms with E-state index < -0.39 is 0 Å². The highest BCUT2D eigenvalue weighted by Gasteiger charge is 2.29. The van der Waals surface area contributed by atoms with Gasteiger partial charge in [-0.05, 0) is 36.3 Å². The van der Waals surface area contributed by atoms with Gasteiger partial charge in [0.15, 0.2) is 0 Å². The van der Waals surface area contributed by atoms with Crippen molar-refractivity contribution < 1.29 is 4.79 Å². The smallest absolute Gasteiger partial charge is 0.240 e. The maximum atomic E-state index is 12.5. The highest BCUT2D eigenvalue weighted by atomic mass is 32.1. The number of aryl methyl sites for hydroxylation is 1. The van der Waals surface area contributed by atoms with Crippen molar-refractivity contribution in [1.82, 2.24) is 10.2 Å². The number of nitrogens with one attached hydrogen (secondary N) is 1. The van der Waals surface area contributed by atoms with Gasteiger partial charge >= 0.3 is 0 Å². The second kappa shape index (κ2) is 6.53. The first-order valence-electron chi connectivity index (χ1n) is 7.22. The molecule has 0 radical (unpaired) electrons. The molecule has 4 heteroatoms. The summed E-state index contributed by atoms with van der Waals surface area (Å²) in [6, 6.07) is 2.55. The molecule has 0 spiro atoms. The first-order valence-corrected chi connectivity index (χ1v) is 8.09. The lowest BCUT2D eigenvalue weighted by molar-refractivity contribution is -0.136. The van der Waals surface area contributed by atoms with Crippen molar-refractivity contribution >= 4 is 17.2 Å². The second-order valence-corrected chi connectivity index (χ2v) is 6.50. The lowest BCUT2D eigenvalue weighted by atomic mass is 10.0. The number of hydrogen-bond acceptors (Lipinski definition) is 3. The Morgan fingerprint density at radius 3 is 3.00 bits per heavy atom. The van der Waals surface area contributed by atoms with Gasteiger partial charge in [0.2, 0.25) is 5.91 Å². The van der Waals surface area contributed by atoms with E-state index in [4.69, 9.17) is 0 Å². The largest absolute Gasteiger partial charge is 0.336 e. The van der Waals surface area contributed by atoms with Crippen LogP contribution >= 0.6 is 11.3 Å². The Morgan fingerprint density at radius 1 is 1.53 bits per heavy atom. The van der Waals surface area contributed by atoms with Crippen molar-refractivity contribution in [3.8, 4) is 0 Å². The molecular weight excluding hydrogens is 256 g/mol. The predicted octanol–water partition coefficient (Wildman–Crippen LogP) is 2.80. The number of amides is 1. The molecule has 0 aliphatic carbocycles. The van der Waals surface area contributed by atoms with Crippen molar-refractivity contribution in [2.24, 2.45) is 0 Å². The average molecular weight is 280 g/mol. The van der Waals surface area contributed by atoms with Gasteiger partial charge in [0.05, 0.1) is 12.6 Å². The van der Waals surface area contributed by atoms with E-state index in [0.29, 0.717) is 6.04 Å². The maximum Gasteiger partial charge on any atom is 0.240 e. The Morgan fingerprint density at radius 2 is 2.32 bits per heavy atom. The van der Waals surface area contributed by atoms with E-state index in [1.54, 1.807) is 11.3 Å². The number of hydrogen-bond donors (Lipinski definition) is 1. The van der Waals surface area contributed by atoms with Crippen molar-refractivity contribution in [2.45, 2.75) is 58.7 Å². The van der Waals surface area contributed by atoms with E-state index in [1.807, 2.05) is 4.90 Å². The molecule has 1 aliphatic heterocycles. The van der Waals surface area contributed by atoms with E-state index in [-0.39, 0.29) is 11.9 Å². The fraction of sp³-hybridized carbons (Fsp3) is 0.667. The van der Waals surface area contributed by atoms with Crippen LogP contribution in [0.2, 0.25) is 0 Å².